The number of amides is 1. The summed E-state index contributed by atoms with van der Waals surface area (Å²) in [7, 11) is 1.62. The Morgan fingerprint density at radius 2 is 1.84 bits per heavy atom. The number of fused-ring (bicyclic) bond motifs is 4. The minimum atomic E-state index is -0.291. The van der Waals surface area contributed by atoms with Crippen LogP contribution in [0.5, 0.6) is 5.75 Å². The summed E-state index contributed by atoms with van der Waals surface area (Å²) in [5, 5.41) is 3.80. The molecular formula is C26H31ClN2O3. The summed E-state index contributed by atoms with van der Waals surface area (Å²) in [6, 6.07) is 12.2. The van der Waals surface area contributed by atoms with Gasteiger partial charge in [-0.2, -0.15) is 0 Å². The molecule has 0 spiro atoms. The number of piperidine rings is 3. The third-order valence-electron chi connectivity index (χ3n) is 7.48. The lowest BCUT2D eigenvalue weighted by Crippen LogP contribution is -2.53. The lowest BCUT2D eigenvalue weighted by molar-refractivity contribution is -0.0348. The molecule has 0 radical (unpaired) electrons. The minimum absolute atomic E-state index is 0.0173. The highest BCUT2D eigenvalue weighted by molar-refractivity contribution is 6.32. The van der Waals surface area contributed by atoms with Crippen LogP contribution in [0.15, 0.2) is 36.4 Å². The molecule has 6 rings (SSSR count). The first-order valence-electron chi connectivity index (χ1n) is 11.5. The monoisotopic (exact) mass is 454 g/mol. The molecule has 2 aromatic rings. The zero-order valence-electron chi connectivity index (χ0n) is 19.0. The molecule has 2 aromatic carbocycles. The fraction of sp³-hybridized carbons (Fsp3) is 0.500. The number of halogens is 1. The second-order valence-electron chi connectivity index (χ2n) is 10.1. The standard InChI is InChI=1S/C26H31ClN2O3/c1-26(2)14-19-12-17(18-5-7-22(31-3)21(27)13-18)4-6-20(19)24(26)28-25(30)32-23-15-29-10-8-16(23)9-11-29/h4-7,12-13,16,23-24H,8-11,14-15H2,1-3H3,(H,28,30)/t23-,24?/m0/s1. The molecule has 3 aliphatic heterocycles. The Morgan fingerprint density at radius 1 is 1.12 bits per heavy atom. The normalized spacial score (nSPS) is 27.6. The summed E-state index contributed by atoms with van der Waals surface area (Å²) < 4.78 is 11.2. The van der Waals surface area contributed by atoms with Crippen LogP contribution in [0.3, 0.4) is 0 Å². The first-order valence-corrected chi connectivity index (χ1v) is 11.9. The molecule has 32 heavy (non-hydrogen) atoms. The van der Waals surface area contributed by atoms with Crippen LogP contribution in [0.1, 0.15) is 43.9 Å². The average Bonchev–Trinajstić information content (AvgIpc) is 3.03. The number of alkyl carbamates (subject to hydrolysis) is 1. The lowest BCUT2D eigenvalue weighted by Gasteiger charge is -2.44. The molecular weight excluding hydrogens is 424 g/mol. The van der Waals surface area contributed by atoms with E-state index in [2.05, 4.69) is 42.3 Å². The van der Waals surface area contributed by atoms with Gasteiger partial charge in [0.25, 0.3) is 0 Å². The zero-order valence-corrected chi connectivity index (χ0v) is 19.7. The van der Waals surface area contributed by atoms with Crippen LogP contribution < -0.4 is 10.1 Å². The Morgan fingerprint density at radius 3 is 2.50 bits per heavy atom. The van der Waals surface area contributed by atoms with Crippen LogP contribution in [0.4, 0.5) is 4.79 Å². The third kappa shape index (κ3) is 3.97. The number of methoxy groups -OCH3 is 1. The van der Waals surface area contributed by atoms with E-state index in [4.69, 9.17) is 21.1 Å². The highest BCUT2D eigenvalue weighted by Crippen LogP contribution is 2.46. The van der Waals surface area contributed by atoms with E-state index in [1.165, 1.54) is 11.1 Å². The Hall–Kier alpha value is -2.24. The molecule has 1 N–H and O–H groups in total. The van der Waals surface area contributed by atoms with E-state index in [0.717, 1.165) is 50.0 Å². The molecule has 170 valence electrons. The van der Waals surface area contributed by atoms with E-state index < -0.39 is 0 Å². The molecule has 3 fully saturated rings. The smallest absolute Gasteiger partial charge is 0.407 e. The second-order valence-corrected chi connectivity index (χ2v) is 10.5. The first-order chi connectivity index (χ1) is 15.3. The molecule has 1 amide bonds. The van der Waals surface area contributed by atoms with Gasteiger partial charge in [-0.05, 0) is 78.1 Å². The molecule has 5 nitrogen and oxygen atoms in total. The average molecular weight is 455 g/mol. The number of benzene rings is 2. The molecule has 3 saturated heterocycles. The first kappa shape index (κ1) is 21.6. The van der Waals surface area contributed by atoms with Gasteiger partial charge in [0.1, 0.15) is 11.9 Å². The number of carbonyl (C=O) groups excluding carboxylic acids is 1. The summed E-state index contributed by atoms with van der Waals surface area (Å²) in [6.45, 7) is 7.55. The predicted octanol–water partition coefficient (Wildman–Crippen LogP) is 5.46. The Labute approximate surface area is 195 Å². The fourth-order valence-corrected chi connectivity index (χ4v) is 5.94. The van der Waals surface area contributed by atoms with Crippen molar-refractivity contribution in [1.82, 2.24) is 10.2 Å². The van der Waals surface area contributed by atoms with Gasteiger partial charge in [0.05, 0.1) is 18.2 Å². The zero-order chi connectivity index (χ0) is 22.5. The van der Waals surface area contributed by atoms with Crippen LogP contribution in [0, 0.1) is 11.3 Å². The van der Waals surface area contributed by atoms with Gasteiger partial charge < -0.3 is 14.8 Å². The van der Waals surface area contributed by atoms with Crippen LogP contribution in [-0.4, -0.2) is 43.8 Å². The summed E-state index contributed by atoms with van der Waals surface area (Å²) in [5.41, 5.74) is 4.50. The largest absolute Gasteiger partial charge is 0.495 e. The van der Waals surface area contributed by atoms with Gasteiger partial charge >= 0.3 is 6.09 Å². The maximum absolute atomic E-state index is 12.8. The van der Waals surface area contributed by atoms with E-state index in [0.29, 0.717) is 16.7 Å². The van der Waals surface area contributed by atoms with Crippen molar-refractivity contribution in [3.63, 3.8) is 0 Å². The van der Waals surface area contributed by atoms with Crippen molar-refractivity contribution in [1.29, 1.82) is 0 Å². The number of hydrogen-bond donors (Lipinski definition) is 1. The second kappa shape index (κ2) is 8.27. The number of ether oxygens (including phenoxy) is 2. The molecule has 3 heterocycles. The molecule has 1 aliphatic carbocycles. The van der Waals surface area contributed by atoms with Crippen LogP contribution in [0.2, 0.25) is 5.02 Å². The summed E-state index contributed by atoms with van der Waals surface area (Å²) in [6.07, 6.45) is 2.89. The quantitative estimate of drug-likeness (QED) is 0.666. The minimum Gasteiger partial charge on any atom is -0.495 e. The topological polar surface area (TPSA) is 50.8 Å². The van der Waals surface area contributed by atoms with Gasteiger partial charge in [-0.25, -0.2) is 4.79 Å². The molecule has 1 unspecified atom stereocenters. The van der Waals surface area contributed by atoms with Crippen molar-refractivity contribution in [3.8, 4) is 16.9 Å². The lowest BCUT2D eigenvalue weighted by atomic mass is 9.85. The number of carbonyl (C=O) groups is 1. The van der Waals surface area contributed by atoms with Gasteiger partial charge in [-0.3, -0.25) is 4.90 Å². The van der Waals surface area contributed by atoms with Crippen LogP contribution in [-0.2, 0) is 11.2 Å². The van der Waals surface area contributed by atoms with Gasteiger partial charge in [0.15, 0.2) is 0 Å². The van der Waals surface area contributed by atoms with Gasteiger partial charge in [0.2, 0.25) is 0 Å². The summed E-state index contributed by atoms with van der Waals surface area (Å²) in [4.78, 5) is 15.3. The number of nitrogens with one attached hydrogen (secondary N) is 1. The molecule has 4 aliphatic rings. The third-order valence-corrected chi connectivity index (χ3v) is 7.78. The van der Waals surface area contributed by atoms with E-state index >= 15 is 0 Å². The Balaban J connectivity index is 1.33. The SMILES string of the molecule is COc1ccc(-c2ccc3c(c2)CC(C)(C)C3NC(=O)O[C@H]2CN3CCC2CC3)cc1Cl. The van der Waals surface area contributed by atoms with Crippen LogP contribution >= 0.6 is 11.6 Å². The van der Waals surface area contributed by atoms with Crippen LogP contribution in [0.25, 0.3) is 11.1 Å². The van der Waals surface area contributed by atoms with E-state index in [-0.39, 0.29) is 23.7 Å². The van der Waals surface area contributed by atoms with Crippen molar-refractivity contribution >= 4 is 17.7 Å². The van der Waals surface area contributed by atoms with Crippen molar-refractivity contribution in [2.45, 2.75) is 45.3 Å². The van der Waals surface area contributed by atoms with Crippen molar-refractivity contribution in [3.05, 3.63) is 52.5 Å². The van der Waals surface area contributed by atoms with Crippen molar-refractivity contribution < 1.29 is 14.3 Å². The number of nitrogens with zero attached hydrogens (tertiary/aromatic N) is 1. The van der Waals surface area contributed by atoms with Crippen molar-refractivity contribution in [2.75, 3.05) is 26.7 Å². The maximum atomic E-state index is 12.8. The van der Waals surface area contributed by atoms with Gasteiger partial charge in [-0.1, -0.05) is 49.7 Å². The predicted molar refractivity (Wildman–Crippen MR) is 126 cm³/mol. The van der Waals surface area contributed by atoms with E-state index in [1.54, 1.807) is 7.11 Å². The van der Waals surface area contributed by atoms with Crippen molar-refractivity contribution in [2.24, 2.45) is 11.3 Å². The van der Waals surface area contributed by atoms with Gasteiger partial charge in [-0.15, -0.1) is 0 Å². The van der Waals surface area contributed by atoms with E-state index in [1.807, 2.05) is 18.2 Å². The van der Waals surface area contributed by atoms with Gasteiger partial charge in [0, 0.05) is 6.54 Å². The summed E-state index contributed by atoms with van der Waals surface area (Å²) in [5.74, 6) is 1.18. The fourth-order valence-electron chi connectivity index (χ4n) is 5.69. The molecule has 6 heteroatoms. The highest BCUT2D eigenvalue weighted by atomic mass is 35.5. The van der Waals surface area contributed by atoms with E-state index in [9.17, 15) is 4.79 Å². The summed E-state index contributed by atoms with van der Waals surface area (Å²) >= 11 is 6.34. The molecule has 2 atom stereocenters. The maximum Gasteiger partial charge on any atom is 0.407 e. The number of hydrogen-bond acceptors (Lipinski definition) is 4. The molecule has 0 saturated carbocycles. The number of rotatable bonds is 4. The Bertz CT molecular complexity index is 1030. The highest BCUT2D eigenvalue weighted by Gasteiger charge is 2.42. The molecule has 0 aromatic heterocycles. The molecule has 2 bridgehead atoms. The Kier molecular flexibility index (Phi) is 5.58.